The SMILES string of the molecule is COC(=O)Nc1ccc(-c2cncc3sc(C(=O)N(C)c4ccc(F)c(OC)c4)cc23)cn1. The summed E-state index contributed by atoms with van der Waals surface area (Å²) in [5, 5.41) is 3.34. The molecule has 1 aromatic carbocycles. The van der Waals surface area contributed by atoms with Crippen molar-refractivity contribution in [3.05, 3.63) is 65.7 Å². The zero-order chi connectivity index (χ0) is 23.5. The number of methoxy groups -OCH3 is 2. The molecule has 0 fully saturated rings. The van der Waals surface area contributed by atoms with Gasteiger partial charge in [0.2, 0.25) is 0 Å². The second kappa shape index (κ2) is 9.21. The lowest BCUT2D eigenvalue weighted by molar-refractivity contribution is 0.0997. The number of halogens is 1. The predicted molar refractivity (Wildman–Crippen MR) is 125 cm³/mol. The Labute approximate surface area is 192 Å². The van der Waals surface area contributed by atoms with Gasteiger partial charge < -0.3 is 14.4 Å². The summed E-state index contributed by atoms with van der Waals surface area (Å²) in [6, 6.07) is 9.51. The van der Waals surface area contributed by atoms with Crippen molar-refractivity contribution in [1.29, 1.82) is 0 Å². The first kappa shape index (κ1) is 22.2. The largest absolute Gasteiger partial charge is 0.494 e. The number of ether oxygens (including phenoxy) is 2. The van der Waals surface area contributed by atoms with Gasteiger partial charge in [0.15, 0.2) is 11.6 Å². The van der Waals surface area contributed by atoms with Crippen LogP contribution in [0.5, 0.6) is 5.75 Å². The summed E-state index contributed by atoms with van der Waals surface area (Å²) in [4.78, 5) is 34.9. The number of nitrogens with one attached hydrogen (secondary N) is 1. The van der Waals surface area contributed by atoms with Crippen LogP contribution in [0.15, 0.2) is 55.0 Å². The van der Waals surface area contributed by atoms with Gasteiger partial charge in [0.25, 0.3) is 5.91 Å². The highest BCUT2D eigenvalue weighted by Crippen LogP contribution is 2.34. The van der Waals surface area contributed by atoms with Crippen LogP contribution in [0.4, 0.5) is 20.7 Å². The Morgan fingerprint density at radius 2 is 1.91 bits per heavy atom. The molecule has 0 aliphatic carbocycles. The molecule has 33 heavy (non-hydrogen) atoms. The Bertz CT molecular complexity index is 1340. The number of pyridine rings is 2. The molecule has 8 nitrogen and oxygen atoms in total. The van der Waals surface area contributed by atoms with Gasteiger partial charge in [0, 0.05) is 53.9 Å². The van der Waals surface area contributed by atoms with E-state index in [0.717, 1.165) is 21.2 Å². The third-order valence-corrected chi connectivity index (χ3v) is 6.03. The van der Waals surface area contributed by atoms with E-state index >= 15 is 0 Å². The summed E-state index contributed by atoms with van der Waals surface area (Å²) < 4.78 is 24.2. The quantitative estimate of drug-likeness (QED) is 0.447. The highest BCUT2D eigenvalue weighted by atomic mass is 32.1. The lowest BCUT2D eigenvalue weighted by atomic mass is 10.1. The Morgan fingerprint density at radius 3 is 2.61 bits per heavy atom. The highest BCUT2D eigenvalue weighted by molar-refractivity contribution is 7.21. The molecule has 4 aromatic rings. The molecule has 0 aliphatic heterocycles. The lowest BCUT2D eigenvalue weighted by Crippen LogP contribution is -2.25. The number of nitrogens with zero attached hydrogens (tertiary/aromatic N) is 3. The Kier molecular flexibility index (Phi) is 6.18. The number of carbonyl (C=O) groups excluding carboxylic acids is 2. The molecular weight excluding hydrogens is 447 g/mol. The van der Waals surface area contributed by atoms with Crippen molar-refractivity contribution in [3.8, 4) is 16.9 Å². The van der Waals surface area contributed by atoms with Gasteiger partial charge in [0.1, 0.15) is 5.82 Å². The normalized spacial score (nSPS) is 10.7. The van der Waals surface area contributed by atoms with E-state index in [9.17, 15) is 14.0 Å². The molecule has 0 unspecified atom stereocenters. The van der Waals surface area contributed by atoms with Gasteiger partial charge in [-0.05, 0) is 30.3 Å². The van der Waals surface area contributed by atoms with Crippen LogP contribution in [-0.2, 0) is 4.74 Å². The van der Waals surface area contributed by atoms with E-state index in [4.69, 9.17) is 4.74 Å². The molecule has 0 saturated carbocycles. The van der Waals surface area contributed by atoms with Crippen LogP contribution in [0.1, 0.15) is 9.67 Å². The minimum atomic E-state index is -0.608. The molecule has 0 bridgehead atoms. The smallest absolute Gasteiger partial charge is 0.412 e. The first-order valence-corrected chi connectivity index (χ1v) is 10.5. The van der Waals surface area contributed by atoms with Crippen molar-refractivity contribution >= 4 is 44.9 Å². The molecular formula is C23H19FN4O4S. The molecule has 10 heteroatoms. The molecule has 0 radical (unpaired) electrons. The summed E-state index contributed by atoms with van der Waals surface area (Å²) >= 11 is 1.31. The van der Waals surface area contributed by atoms with Crippen molar-refractivity contribution in [3.63, 3.8) is 0 Å². The van der Waals surface area contributed by atoms with Gasteiger partial charge in [-0.2, -0.15) is 0 Å². The molecule has 2 amide bonds. The molecule has 3 aromatic heterocycles. The standard InChI is InChI=1S/C23H19FN4O4S/c1-28(14-5-6-17(24)18(8-14)31-2)22(29)19-9-15-16(11-25-12-20(15)33-19)13-4-7-21(26-10-13)27-23(30)32-3/h4-12H,1-3H3,(H,26,27,30). The van der Waals surface area contributed by atoms with Gasteiger partial charge in [-0.15, -0.1) is 11.3 Å². The molecule has 168 valence electrons. The summed E-state index contributed by atoms with van der Waals surface area (Å²) in [7, 11) is 4.27. The molecule has 0 aliphatic rings. The van der Waals surface area contributed by atoms with E-state index in [1.165, 1.54) is 48.7 Å². The van der Waals surface area contributed by atoms with E-state index in [0.29, 0.717) is 16.4 Å². The number of thiophene rings is 1. The maximum atomic E-state index is 13.7. The molecule has 0 atom stereocenters. The zero-order valence-electron chi connectivity index (χ0n) is 18.0. The maximum Gasteiger partial charge on any atom is 0.412 e. The van der Waals surface area contributed by atoms with Crippen molar-refractivity contribution in [2.24, 2.45) is 0 Å². The Balaban J connectivity index is 1.64. The van der Waals surface area contributed by atoms with Gasteiger partial charge in [0.05, 0.1) is 23.8 Å². The molecule has 4 rings (SSSR count). The van der Waals surface area contributed by atoms with Crippen LogP contribution in [0, 0.1) is 5.82 Å². The zero-order valence-corrected chi connectivity index (χ0v) is 18.8. The van der Waals surface area contributed by atoms with Crippen LogP contribution in [-0.4, -0.2) is 43.2 Å². The van der Waals surface area contributed by atoms with Crippen LogP contribution >= 0.6 is 11.3 Å². The number of benzene rings is 1. The summed E-state index contributed by atoms with van der Waals surface area (Å²) in [5.41, 5.74) is 2.08. The fraction of sp³-hybridized carbons (Fsp3) is 0.130. The van der Waals surface area contributed by atoms with Crippen LogP contribution in [0.3, 0.4) is 0 Å². The predicted octanol–water partition coefficient (Wildman–Crippen LogP) is 4.96. The fourth-order valence-electron chi connectivity index (χ4n) is 3.22. The number of aromatic nitrogens is 2. The van der Waals surface area contributed by atoms with Crippen molar-refractivity contribution in [1.82, 2.24) is 9.97 Å². The summed E-state index contributed by atoms with van der Waals surface area (Å²) in [5.74, 6) is -0.330. The monoisotopic (exact) mass is 466 g/mol. The first-order valence-electron chi connectivity index (χ1n) is 9.71. The average molecular weight is 466 g/mol. The third-order valence-electron chi connectivity index (χ3n) is 4.97. The van der Waals surface area contributed by atoms with Gasteiger partial charge in [-0.1, -0.05) is 0 Å². The fourth-order valence-corrected chi connectivity index (χ4v) is 4.25. The minimum absolute atomic E-state index is 0.0626. The first-order chi connectivity index (χ1) is 15.9. The number of amides is 2. The topological polar surface area (TPSA) is 93.6 Å². The molecule has 1 N–H and O–H groups in total. The number of fused-ring (bicyclic) bond motifs is 1. The van der Waals surface area contributed by atoms with Gasteiger partial charge in [-0.3, -0.25) is 15.1 Å². The number of rotatable bonds is 5. The van der Waals surface area contributed by atoms with Crippen molar-refractivity contribution in [2.75, 3.05) is 31.5 Å². The number of carbonyl (C=O) groups is 2. The van der Waals surface area contributed by atoms with E-state index in [2.05, 4.69) is 20.0 Å². The van der Waals surface area contributed by atoms with Crippen LogP contribution in [0.2, 0.25) is 0 Å². The van der Waals surface area contributed by atoms with Crippen molar-refractivity contribution in [2.45, 2.75) is 0 Å². The Hall–Kier alpha value is -4.05. The number of hydrogen-bond acceptors (Lipinski definition) is 7. The maximum absolute atomic E-state index is 13.7. The van der Waals surface area contributed by atoms with Crippen LogP contribution in [0.25, 0.3) is 21.2 Å². The second-order valence-corrected chi connectivity index (χ2v) is 8.03. The summed E-state index contributed by atoms with van der Waals surface area (Å²) in [6.45, 7) is 0. The molecule has 0 spiro atoms. The van der Waals surface area contributed by atoms with E-state index in [1.807, 2.05) is 0 Å². The summed E-state index contributed by atoms with van der Waals surface area (Å²) in [6.07, 6.45) is 4.39. The van der Waals surface area contributed by atoms with Crippen LogP contribution < -0.4 is 15.0 Å². The van der Waals surface area contributed by atoms with Crippen molar-refractivity contribution < 1.29 is 23.5 Å². The molecule has 3 heterocycles. The minimum Gasteiger partial charge on any atom is -0.494 e. The number of anilines is 2. The Morgan fingerprint density at radius 1 is 1.09 bits per heavy atom. The highest BCUT2D eigenvalue weighted by Gasteiger charge is 2.19. The van der Waals surface area contributed by atoms with Gasteiger partial charge >= 0.3 is 6.09 Å². The second-order valence-electron chi connectivity index (χ2n) is 6.94. The third kappa shape index (κ3) is 4.46. The van der Waals surface area contributed by atoms with E-state index in [-0.39, 0.29) is 11.7 Å². The molecule has 0 saturated heterocycles. The van der Waals surface area contributed by atoms with E-state index in [1.54, 1.807) is 43.8 Å². The van der Waals surface area contributed by atoms with E-state index < -0.39 is 11.9 Å². The van der Waals surface area contributed by atoms with Gasteiger partial charge in [-0.25, -0.2) is 14.2 Å². The lowest BCUT2D eigenvalue weighted by Gasteiger charge is -2.17. The average Bonchev–Trinajstić information content (AvgIpc) is 3.28. The number of hydrogen-bond donors (Lipinski definition) is 1.